The number of rotatable bonds is 5. The van der Waals surface area contributed by atoms with E-state index in [9.17, 15) is 4.79 Å². The SMILES string of the molecule is CCCCCc1ccc(C2CCC(C)CC2=O)cc1. The fourth-order valence-electron chi connectivity index (χ4n) is 3.05. The number of Topliss-reactive ketones (excluding diaryl/α,β-unsaturated/α-hetero) is 1. The Morgan fingerprint density at radius 3 is 2.47 bits per heavy atom. The average Bonchev–Trinajstić information content (AvgIpc) is 2.40. The molecule has 0 bridgehead atoms. The fraction of sp³-hybridized carbons (Fsp3) is 0.611. The summed E-state index contributed by atoms with van der Waals surface area (Å²) in [4.78, 5) is 12.1. The molecular formula is C18H26O. The fourth-order valence-corrected chi connectivity index (χ4v) is 3.05. The van der Waals surface area contributed by atoms with Gasteiger partial charge in [0.25, 0.3) is 0 Å². The Morgan fingerprint density at radius 2 is 1.84 bits per heavy atom. The van der Waals surface area contributed by atoms with Crippen molar-refractivity contribution >= 4 is 5.78 Å². The molecule has 0 radical (unpaired) electrons. The molecule has 1 aliphatic rings. The molecule has 2 rings (SSSR count). The Kier molecular flexibility index (Phi) is 5.18. The van der Waals surface area contributed by atoms with E-state index in [4.69, 9.17) is 0 Å². The first-order chi connectivity index (χ1) is 9.20. The van der Waals surface area contributed by atoms with E-state index in [1.165, 1.54) is 43.2 Å². The van der Waals surface area contributed by atoms with E-state index < -0.39 is 0 Å². The Morgan fingerprint density at radius 1 is 1.11 bits per heavy atom. The molecule has 0 amide bonds. The number of carbonyl (C=O) groups excluding carboxylic acids is 1. The lowest BCUT2D eigenvalue weighted by molar-refractivity contribution is -0.123. The smallest absolute Gasteiger partial charge is 0.140 e. The molecule has 104 valence electrons. The van der Waals surface area contributed by atoms with Gasteiger partial charge in [0.05, 0.1) is 0 Å². The normalized spacial score (nSPS) is 23.6. The van der Waals surface area contributed by atoms with Crippen LogP contribution in [-0.2, 0) is 11.2 Å². The summed E-state index contributed by atoms with van der Waals surface area (Å²) in [5.74, 6) is 1.19. The molecule has 2 unspecified atom stereocenters. The van der Waals surface area contributed by atoms with Crippen LogP contribution in [0.15, 0.2) is 24.3 Å². The lowest BCUT2D eigenvalue weighted by atomic mass is 9.78. The van der Waals surface area contributed by atoms with Gasteiger partial charge in [0.1, 0.15) is 5.78 Å². The molecule has 1 nitrogen and oxygen atoms in total. The third kappa shape index (κ3) is 3.92. The van der Waals surface area contributed by atoms with Gasteiger partial charge in [-0.2, -0.15) is 0 Å². The maximum atomic E-state index is 12.1. The summed E-state index contributed by atoms with van der Waals surface area (Å²) >= 11 is 0. The zero-order chi connectivity index (χ0) is 13.7. The van der Waals surface area contributed by atoms with Crippen molar-refractivity contribution in [2.45, 2.75) is 64.7 Å². The van der Waals surface area contributed by atoms with Crippen LogP contribution in [0.1, 0.15) is 69.4 Å². The molecular weight excluding hydrogens is 232 g/mol. The summed E-state index contributed by atoms with van der Waals surface area (Å²) in [6, 6.07) is 8.80. The van der Waals surface area contributed by atoms with Crippen molar-refractivity contribution in [2.75, 3.05) is 0 Å². The Bertz CT molecular complexity index is 404. The molecule has 1 aromatic carbocycles. The van der Waals surface area contributed by atoms with E-state index in [1.54, 1.807) is 0 Å². The highest BCUT2D eigenvalue weighted by atomic mass is 16.1. The zero-order valence-electron chi connectivity index (χ0n) is 12.3. The Hall–Kier alpha value is -1.11. The quantitative estimate of drug-likeness (QED) is 0.687. The molecule has 0 aliphatic heterocycles. The highest BCUT2D eigenvalue weighted by molar-refractivity contribution is 5.86. The Labute approximate surface area is 117 Å². The zero-order valence-corrected chi connectivity index (χ0v) is 12.3. The van der Waals surface area contributed by atoms with Gasteiger partial charge in [-0.1, -0.05) is 51.0 Å². The standard InChI is InChI=1S/C18H26O/c1-3-4-5-6-15-8-10-16(11-9-15)17-12-7-14(2)13-18(17)19/h8-11,14,17H,3-7,12-13H2,1-2H3. The lowest BCUT2D eigenvalue weighted by Crippen LogP contribution is -2.21. The van der Waals surface area contributed by atoms with Crippen LogP contribution in [0.5, 0.6) is 0 Å². The lowest BCUT2D eigenvalue weighted by Gasteiger charge is -2.25. The van der Waals surface area contributed by atoms with E-state index in [0.29, 0.717) is 11.7 Å². The minimum atomic E-state index is 0.167. The number of unbranched alkanes of at least 4 members (excludes halogenated alkanes) is 2. The van der Waals surface area contributed by atoms with Gasteiger partial charge in [-0.3, -0.25) is 4.79 Å². The van der Waals surface area contributed by atoms with Crippen molar-refractivity contribution in [3.05, 3.63) is 35.4 Å². The van der Waals surface area contributed by atoms with Gasteiger partial charge in [-0.15, -0.1) is 0 Å². The van der Waals surface area contributed by atoms with Crippen LogP contribution in [0, 0.1) is 5.92 Å². The number of benzene rings is 1. The van der Waals surface area contributed by atoms with Crippen LogP contribution in [0.25, 0.3) is 0 Å². The molecule has 0 aromatic heterocycles. The van der Waals surface area contributed by atoms with Gasteiger partial charge in [-0.05, 0) is 42.7 Å². The highest BCUT2D eigenvalue weighted by Crippen LogP contribution is 2.33. The van der Waals surface area contributed by atoms with E-state index in [2.05, 4.69) is 38.1 Å². The molecule has 19 heavy (non-hydrogen) atoms. The molecule has 0 N–H and O–H groups in total. The van der Waals surface area contributed by atoms with Crippen molar-refractivity contribution in [2.24, 2.45) is 5.92 Å². The van der Waals surface area contributed by atoms with Crippen LogP contribution in [-0.4, -0.2) is 5.78 Å². The van der Waals surface area contributed by atoms with Gasteiger partial charge >= 0.3 is 0 Å². The first-order valence-electron chi connectivity index (χ1n) is 7.82. The topological polar surface area (TPSA) is 17.1 Å². The van der Waals surface area contributed by atoms with Crippen molar-refractivity contribution < 1.29 is 4.79 Å². The predicted molar refractivity (Wildman–Crippen MR) is 80.4 cm³/mol. The summed E-state index contributed by atoms with van der Waals surface area (Å²) < 4.78 is 0. The van der Waals surface area contributed by atoms with Crippen molar-refractivity contribution in [1.82, 2.24) is 0 Å². The largest absolute Gasteiger partial charge is 0.299 e. The van der Waals surface area contributed by atoms with Gasteiger partial charge < -0.3 is 0 Å². The minimum Gasteiger partial charge on any atom is -0.299 e. The second kappa shape index (κ2) is 6.88. The summed E-state index contributed by atoms with van der Waals surface area (Å²) in [5, 5.41) is 0. The average molecular weight is 258 g/mol. The van der Waals surface area contributed by atoms with E-state index in [0.717, 1.165) is 12.8 Å². The van der Waals surface area contributed by atoms with Crippen molar-refractivity contribution in [3.8, 4) is 0 Å². The maximum absolute atomic E-state index is 12.1. The van der Waals surface area contributed by atoms with E-state index in [1.807, 2.05) is 0 Å². The van der Waals surface area contributed by atoms with Crippen LogP contribution < -0.4 is 0 Å². The van der Waals surface area contributed by atoms with Crippen LogP contribution in [0.2, 0.25) is 0 Å². The summed E-state index contributed by atoms with van der Waals surface area (Å²) in [7, 11) is 0. The molecule has 1 heteroatoms. The second-order valence-electron chi connectivity index (χ2n) is 6.10. The number of aryl methyl sites for hydroxylation is 1. The third-order valence-electron chi connectivity index (χ3n) is 4.34. The highest BCUT2D eigenvalue weighted by Gasteiger charge is 2.27. The maximum Gasteiger partial charge on any atom is 0.140 e. The minimum absolute atomic E-state index is 0.167. The van der Waals surface area contributed by atoms with E-state index in [-0.39, 0.29) is 5.92 Å². The Balaban J connectivity index is 1.96. The molecule has 1 aromatic rings. The number of carbonyl (C=O) groups is 1. The third-order valence-corrected chi connectivity index (χ3v) is 4.34. The predicted octanol–water partition coefficient (Wildman–Crippen LogP) is 4.89. The number of hydrogen-bond donors (Lipinski definition) is 0. The van der Waals surface area contributed by atoms with Gasteiger partial charge in [0.2, 0.25) is 0 Å². The molecule has 0 heterocycles. The summed E-state index contributed by atoms with van der Waals surface area (Å²) in [6.07, 6.45) is 8.01. The van der Waals surface area contributed by atoms with Crippen LogP contribution in [0.3, 0.4) is 0 Å². The molecule has 0 spiro atoms. The second-order valence-corrected chi connectivity index (χ2v) is 6.10. The van der Waals surface area contributed by atoms with Gasteiger partial charge in [-0.25, -0.2) is 0 Å². The number of hydrogen-bond acceptors (Lipinski definition) is 1. The molecule has 2 atom stereocenters. The van der Waals surface area contributed by atoms with Crippen molar-refractivity contribution in [1.29, 1.82) is 0 Å². The first kappa shape index (κ1) is 14.3. The summed E-state index contributed by atoms with van der Waals surface area (Å²) in [5.41, 5.74) is 2.64. The molecule has 1 fully saturated rings. The molecule has 1 saturated carbocycles. The first-order valence-corrected chi connectivity index (χ1v) is 7.82. The molecule has 1 aliphatic carbocycles. The summed E-state index contributed by atoms with van der Waals surface area (Å²) in [6.45, 7) is 4.42. The molecule has 0 saturated heterocycles. The van der Waals surface area contributed by atoms with Crippen LogP contribution >= 0.6 is 0 Å². The number of ketones is 1. The van der Waals surface area contributed by atoms with Gasteiger partial charge in [0.15, 0.2) is 0 Å². The van der Waals surface area contributed by atoms with Gasteiger partial charge in [0, 0.05) is 12.3 Å². The van der Waals surface area contributed by atoms with Crippen LogP contribution in [0.4, 0.5) is 0 Å². The van der Waals surface area contributed by atoms with Crippen molar-refractivity contribution in [3.63, 3.8) is 0 Å². The van der Waals surface area contributed by atoms with E-state index >= 15 is 0 Å². The monoisotopic (exact) mass is 258 g/mol.